The quantitative estimate of drug-likeness (QED) is 0.713. The Kier molecular flexibility index (Phi) is 4.89. The van der Waals surface area contributed by atoms with Crippen molar-refractivity contribution >= 4 is 0 Å². The molecule has 0 amide bonds. The molecule has 0 fully saturated rings. The van der Waals surface area contributed by atoms with E-state index in [1.165, 1.54) is 0 Å². The molecule has 0 heterocycles. The molecule has 0 radical (unpaired) electrons. The Balaban J connectivity index is 4.71. The Morgan fingerprint density at radius 1 is 1.00 bits per heavy atom. The molecule has 0 rings (SSSR count). The van der Waals surface area contributed by atoms with Crippen LogP contribution in [-0.2, 0) is 9.47 Å². The molecule has 1 N–H and O–H groups in total. The fraction of sp³-hybridized carbons (Fsp3) is 1.00. The van der Waals surface area contributed by atoms with E-state index in [1.54, 1.807) is 21.1 Å². The Labute approximate surface area is 81.0 Å². The number of ether oxygens (including phenoxy) is 2. The molecule has 0 bridgehead atoms. The zero-order valence-electron chi connectivity index (χ0n) is 9.50. The van der Waals surface area contributed by atoms with Gasteiger partial charge in [-0.3, -0.25) is 0 Å². The van der Waals surface area contributed by atoms with Gasteiger partial charge in [0.05, 0.1) is 18.3 Å². The zero-order valence-corrected chi connectivity index (χ0v) is 9.50. The number of aliphatic hydroxyl groups excluding tert-OH is 1. The van der Waals surface area contributed by atoms with Gasteiger partial charge in [-0.25, -0.2) is 0 Å². The second kappa shape index (κ2) is 4.94. The predicted molar refractivity (Wildman–Crippen MR) is 52.7 cm³/mol. The SMILES string of the molecule is COC(C)C(C)(C(C)O)C(C)OC. The molecule has 0 spiro atoms. The third kappa shape index (κ3) is 2.42. The van der Waals surface area contributed by atoms with Crippen molar-refractivity contribution in [3.8, 4) is 0 Å². The summed E-state index contributed by atoms with van der Waals surface area (Å²) in [6.07, 6.45) is -0.540. The number of methoxy groups -OCH3 is 2. The van der Waals surface area contributed by atoms with E-state index in [2.05, 4.69) is 0 Å². The molecule has 80 valence electrons. The van der Waals surface area contributed by atoms with Gasteiger partial charge in [0.2, 0.25) is 0 Å². The van der Waals surface area contributed by atoms with Gasteiger partial charge >= 0.3 is 0 Å². The van der Waals surface area contributed by atoms with E-state index in [1.807, 2.05) is 20.8 Å². The first-order valence-corrected chi connectivity index (χ1v) is 4.64. The largest absolute Gasteiger partial charge is 0.393 e. The van der Waals surface area contributed by atoms with Gasteiger partial charge in [0.15, 0.2) is 0 Å². The second-order valence-corrected chi connectivity index (χ2v) is 3.80. The van der Waals surface area contributed by atoms with Crippen LogP contribution in [0.2, 0.25) is 0 Å². The smallest absolute Gasteiger partial charge is 0.0646 e. The molecule has 0 aliphatic heterocycles. The van der Waals surface area contributed by atoms with E-state index in [-0.39, 0.29) is 17.6 Å². The van der Waals surface area contributed by atoms with Crippen molar-refractivity contribution in [3.05, 3.63) is 0 Å². The molecular formula is C10H22O3. The van der Waals surface area contributed by atoms with E-state index in [0.29, 0.717) is 0 Å². The molecule has 0 aromatic rings. The maximum Gasteiger partial charge on any atom is 0.0646 e. The third-order valence-electron chi connectivity index (χ3n) is 3.36. The molecule has 0 saturated carbocycles. The van der Waals surface area contributed by atoms with Gasteiger partial charge in [0, 0.05) is 19.6 Å². The van der Waals surface area contributed by atoms with Crippen LogP contribution in [-0.4, -0.2) is 37.6 Å². The highest BCUT2D eigenvalue weighted by atomic mass is 16.5. The summed E-state index contributed by atoms with van der Waals surface area (Å²) in [5.74, 6) is 0. The van der Waals surface area contributed by atoms with Gasteiger partial charge in [-0.05, 0) is 20.8 Å². The standard InChI is InChI=1S/C10H22O3/c1-7(11)10(4,8(2)12-5)9(3)13-6/h7-9,11H,1-6H3. The first-order valence-electron chi connectivity index (χ1n) is 4.64. The summed E-state index contributed by atoms with van der Waals surface area (Å²) < 4.78 is 10.5. The van der Waals surface area contributed by atoms with Gasteiger partial charge in [0.1, 0.15) is 0 Å². The summed E-state index contributed by atoms with van der Waals surface area (Å²) in [6, 6.07) is 0. The number of aliphatic hydroxyl groups is 1. The molecular weight excluding hydrogens is 168 g/mol. The van der Waals surface area contributed by atoms with Crippen molar-refractivity contribution in [2.75, 3.05) is 14.2 Å². The minimum atomic E-state index is -0.461. The molecule has 0 aromatic carbocycles. The average molecular weight is 190 g/mol. The fourth-order valence-electron chi connectivity index (χ4n) is 1.52. The van der Waals surface area contributed by atoms with E-state index in [4.69, 9.17) is 9.47 Å². The van der Waals surface area contributed by atoms with E-state index < -0.39 is 6.10 Å². The Bertz CT molecular complexity index is 135. The Hall–Kier alpha value is -0.120. The van der Waals surface area contributed by atoms with Crippen molar-refractivity contribution < 1.29 is 14.6 Å². The van der Waals surface area contributed by atoms with Crippen LogP contribution in [0.4, 0.5) is 0 Å². The van der Waals surface area contributed by atoms with Crippen molar-refractivity contribution in [1.29, 1.82) is 0 Å². The van der Waals surface area contributed by atoms with Crippen LogP contribution in [0.5, 0.6) is 0 Å². The fourth-order valence-corrected chi connectivity index (χ4v) is 1.52. The van der Waals surface area contributed by atoms with Gasteiger partial charge in [-0.15, -0.1) is 0 Å². The lowest BCUT2D eigenvalue weighted by atomic mass is 9.75. The average Bonchev–Trinajstić information content (AvgIpc) is 2.13. The van der Waals surface area contributed by atoms with E-state index in [9.17, 15) is 5.11 Å². The minimum absolute atomic E-state index is 0.0394. The highest BCUT2D eigenvalue weighted by molar-refractivity contribution is 4.90. The summed E-state index contributed by atoms with van der Waals surface area (Å²) in [5, 5.41) is 9.71. The Morgan fingerprint density at radius 3 is 1.46 bits per heavy atom. The Morgan fingerprint density at radius 2 is 1.31 bits per heavy atom. The van der Waals surface area contributed by atoms with Crippen LogP contribution in [0.25, 0.3) is 0 Å². The van der Waals surface area contributed by atoms with Crippen LogP contribution >= 0.6 is 0 Å². The summed E-state index contributed by atoms with van der Waals surface area (Å²) in [5.41, 5.74) is -0.372. The van der Waals surface area contributed by atoms with Crippen LogP contribution in [0, 0.1) is 5.41 Å². The summed E-state index contributed by atoms with van der Waals surface area (Å²) in [4.78, 5) is 0. The molecule has 3 heteroatoms. The minimum Gasteiger partial charge on any atom is -0.393 e. The van der Waals surface area contributed by atoms with Gasteiger partial charge in [0.25, 0.3) is 0 Å². The number of rotatable bonds is 5. The lowest BCUT2D eigenvalue weighted by molar-refractivity contribution is -0.132. The molecule has 13 heavy (non-hydrogen) atoms. The van der Waals surface area contributed by atoms with Crippen LogP contribution in [0.15, 0.2) is 0 Å². The predicted octanol–water partition coefficient (Wildman–Crippen LogP) is 1.44. The first kappa shape index (κ1) is 12.9. The van der Waals surface area contributed by atoms with Gasteiger partial charge < -0.3 is 14.6 Å². The monoisotopic (exact) mass is 190 g/mol. The maximum absolute atomic E-state index is 9.71. The van der Waals surface area contributed by atoms with E-state index in [0.717, 1.165) is 0 Å². The summed E-state index contributed by atoms with van der Waals surface area (Å²) >= 11 is 0. The first-order chi connectivity index (χ1) is 5.91. The van der Waals surface area contributed by atoms with Crippen molar-refractivity contribution in [3.63, 3.8) is 0 Å². The van der Waals surface area contributed by atoms with E-state index >= 15 is 0 Å². The number of hydrogen-bond donors (Lipinski definition) is 1. The highest BCUT2D eigenvalue weighted by Crippen LogP contribution is 2.33. The molecule has 3 unspecified atom stereocenters. The van der Waals surface area contributed by atoms with Crippen molar-refractivity contribution in [1.82, 2.24) is 0 Å². The third-order valence-corrected chi connectivity index (χ3v) is 3.36. The summed E-state index contributed by atoms with van der Waals surface area (Å²) in [6.45, 7) is 7.63. The normalized spacial score (nSPS) is 23.3. The second-order valence-electron chi connectivity index (χ2n) is 3.80. The molecule has 0 aliphatic carbocycles. The lowest BCUT2D eigenvalue weighted by Gasteiger charge is -2.41. The van der Waals surface area contributed by atoms with Crippen LogP contribution in [0.1, 0.15) is 27.7 Å². The van der Waals surface area contributed by atoms with Gasteiger partial charge in [-0.1, -0.05) is 6.92 Å². The van der Waals surface area contributed by atoms with Gasteiger partial charge in [-0.2, -0.15) is 0 Å². The van der Waals surface area contributed by atoms with Crippen LogP contribution in [0.3, 0.4) is 0 Å². The molecule has 0 aliphatic rings. The maximum atomic E-state index is 9.71. The van der Waals surface area contributed by atoms with Crippen LogP contribution < -0.4 is 0 Å². The number of hydrogen-bond acceptors (Lipinski definition) is 3. The topological polar surface area (TPSA) is 38.7 Å². The molecule has 3 nitrogen and oxygen atoms in total. The summed E-state index contributed by atoms with van der Waals surface area (Å²) in [7, 11) is 3.29. The molecule has 0 aromatic heterocycles. The van der Waals surface area contributed by atoms with Crippen molar-refractivity contribution in [2.45, 2.75) is 46.0 Å². The van der Waals surface area contributed by atoms with Crippen molar-refractivity contribution in [2.24, 2.45) is 5.41 Å². The zero-order chi connectivity index (χ0) is 10.6. The lowest BCUT2D eigenvalue weighted by Crippen LogP contribution is -2.49. The highest BCUT2D eigenvalue weighted by Gasteiger charge is 2.41. The molecule has 3 atom stereocenters. The molecule has 0 saturated heterocycles.